The fourth-order valence-electron chi connectivity index (χ4n) is 2.23. The molecule has 0 N–H and O–H groups in total. The molecule has 0 unspecified atom stereocenters. The standard InChI is InChI=1S/C17H9Cl3N2O4/c1-8-2-3-10(6-12(8)19)17(24)15-14(21-26-22(15)25)16(23)9-4-5-11(18)13(20)7-9/h2-7H,1H3. The molecule has 6 nitrogen and oxygen atoms in total. The number of carbonyl (C=O) groups excluding carboxylic acids is 2. The largest absolute Gasteiger partial charge is 0.359 e. The van der Waals surface area contributed by atoms with E-state index in [-0.39, 0.29) is 26.1 Å². The highest BCUT2D eigenvalue weighted by atomic mass is 35.5. The molecule has 0 aliphatic heterocycles. The molecule has 0 amide bonds. The topological polar surface area (TPSA) is 87.1 Å². The van der Waals surface area contributed by atoms with E-state index < -0.39 is 23.0 Å². The Bertz CT molecular complexity index is 1050. The monoisotopic (exact) mass is 410 g/mol. The molecule has 132 valence electrons. The number of ketones is 2. The van der Waals surface area contributed by atoms with Crippen molar-refractivity contribution >= 4 is 46.4 Å². The summed E-state index contributed by atoms with van der Waals surface area (Å²) in [6.07, 6.45) is 0. The first-order valence-electron chi connectivity index (χ1n) is 7.20. The normalized spacial score (nSPS) is 10.8. The molecule has 1 aromatic heterocycles. The van der Waals surface area contributed by atoms with Gasteiger partial charge in [0.25, 0.3) is 11.4 Å². The maximum absolute atomic E-state index is 12.7. The van der Waals surface area contributed by atoms with Crippen molar-refractivity contribution in [1.82, 2.24) is 5.16 Å². The molecule has 0 bridgehead atoms. The Morgan fingerprint density at radius 1 is 0.962 bits per heavy atom. The van der Waals surface area contributed by atoms with Crippen LogP contribution in [0, 0.1) is 12.1 Å². The number of nitrogens with zero attached hydrogens (tertiary/aromatic N) is 2. The van der Waals surface area contributed by atoms with Crippen molar-refractivity contribution < 1.29 is 19.1 Å². The predicted molar refractivity (Wildman–Crippen MR) is 95.0 cm³/mol. The van der Waals surface area contributed by atoms with Crippen molar-refractivity contribution in [2.45, 2.75) is 6.92 Å². The second-order valence-electron chi connectivity index (χ2n) is 5.38. The molecule has 1 heterocycles. The van der Waals surface area contributed by atoms with Gasteiger partial charge >= 0.3 is 0 Å². The Kier molecular flexibility index (Phi) is 5.00. The van der Waals surface area contributed by atoms with E-state index in [1.807, 2.05) is 0 Å². The lowest BCUT2D eigenvalue weighted by Gasteiger charge is -2.03. The fourth-order valence-corrected chi connectivity index (χ4v) is 2.71. The van der Waals surface area contributed by atoms with Gasteiger partial charge in [-0.1, -0.05) is 46.9 Å². The van der Waals surface area contributed by atoms with Gasteiger partial charge < -0.3 is 5.21 Å². The lowest BCUT2D eigenvalue weighted by atomic mass is 10.0. The highest BCUT2D eigenvalue weighted by Crippen LogP contribution is 2.25. The first-order valence-corrected chi connectivity index (χ1v) is 8.33. The van der Waals surface area contributed by atoms with E-state index in [1.165, 1.54) is 30.3 Å². The van der Waals surface area contributed by atoms with E-state index in [4.69, 9.17) is 34.8 Å². The molecule has 0 spiro atoms. The van der Waals surface area contributed by atoms with Gasteiger partial charge in [-0.15, -0.1) is 0 Å². The summed E-state index contributed by atoms with van der Waals surface area (Å²) >= 11 is 17.8. The van der Waals surface area contributed by atoms with E-state index in [0.29, 0.717) is 5.02 Å². The molecule has 0 fully saturated rings. The maximum Gasteiger partial charge on any atom is 0.300 e. The molecule has 26 heavy (non-hydrogen) atoms. The molecule has 3 aromatic rings. The van der Waals surface area contributed by atoms with Crippen LogP contribution in [0.2, 0.25) is 15.1 Å². The molecule has 0 aliphatic carbocycles. The van der Waals surface area contributed by atoms with Crippen LogP contribution in [-0.2, 0) is 0 Å². The number of rotatable bonds is 4. The van der Waals surface area contributed by atoms with Crippen LogP contribution in [0.1, 0.15) is 37.7 Å². The highest BCUT2D eigenvalue weighted by molar-refractivity contribution is 6.42. The van der Waals surface area contributed by atoms with Crippen LogP contribution >= 0.6 is 34.8 Å². The minimum Gasteiger partial charge on any atom is -0.359 e. The number of hydrogen-bond acceptors (Lipinski definition) is 5. The quantitative estimate of drug-likeness (QED) is 0.477. The van der Waals surface area contributed by atoms with Crippen LogP contribution in [0.15, 0.2) is 41.0 Å². The zero-order valence-corrected chi connectivity index (χ0v) is 15.4. The molecule has 0 atom stereocenters. The van der Waals surface area contributed by atoms with Crippen LogP contribution in [0.4, 0.5) is 0 Å². The number of hydrogen-bond donors (Lipinski definition) is 0. The molecule has 9 heteroatoms. The zero-order chi connectivity index (χ0) is 19.0. The highest BCUT2D eigenvalue weighted by Gasteiger charge is 2.33. The van der Waals surface area contributed by atoms with Gasteiger partial charge in [0, 0.05) is 16.1 Å². The molecule has 0 saturated heterocycles. The average Bonchev–Trinajstić information content (AvgIpc) is 3.00. The van der Waals surface area contributed by atoms with Gasteiger partial charge in [0.1, 0.15) is 0 Å². The number of aryl methyl sites for hydroxylation is 1. The summed E-state index contributed by atoms with van der Waals surface area (Å²) in [5.41, 5.74) is 0.0117. The van der Waals surface area contributed by atoms with Gasteiger partial charge in [-0.25, -0.2) is 0 Å². The van der Waals surface area contributed by atoms with Crippen molar-refractivity contribution in [2.75, 3.05) is 0 Å². The predicted octanol–water partition coefficient (Wildman–Crippen LogP) is 4.04. The minimum absolute atomic E-state index is 0.101. The van der Waals surface area contributed by atoms with Gasteiger partial charge in [0.05, 0.1) is 15.2 Å². The summed E-state index contributed by atoms with van der Waals surface area (Å²) in [4.78, 5) is 25.2. The maximum atomic E-state index is 12.7. The Morgan fingerprint density at radius 3 is 2.23 bits per heavy atom. The lowest BCUT2D eigenvalue weighted by Crippen LogP contribution is -2.33. The third-order valence-electron chi connectivity index (χ3n) is 3.66. The summed E-state index contributed by atoms with van der Waals surface area (Å²) in [6.45, 7) is 1.77. The van der Waals surface area contributed by atoms with Crippen molar-refractivity contribution in [3.05, 3.63) is 84.8 Å². The second-order valence-corrected chi connectivity index (χ2v) is 6.60. The molecule has 3 rings (SSSR count). The van der Waals surface area contributed by atoms with Crippen molar-refractivity contribution in [3.8, 4) is 0 Å². The Labute approximate surface area is 162 Å². The Morgan fingerprint density at radius 2 is 1.58 bits per heavy atom. The third kappa shape index (κ3) is 3.31. The Hall–Kier alpha value is -2.41. The first-order chi connectivity index (χ1) is 12.3. The second kappa shape index (κ2) is 7.07. The molecular formula is C17H9Cl3N2O4. The van der Waals surface area contributed by atoms with E-state index in [0.717, 1.165) is 5.56 Å². The third-order valence-corrected chi connectivity index (χ3v) is 4.81. The molecular weight excluding hydrogens is 403 g/mol. The number of aromatic nitrogens is 2. The van der Waals surface area contributed by atoms with Gasteiger partial charge in [0.2, 0.25) is 11.6 Å². The fraction of sp³-hybridized carbons (Fsp3) is 0.0588. The summed E-state index contributed by atoms with van der Waals surface area (Å²) < 4.78 is 4.47. The summed E-state index contributed by atoms with van der Waals surface area (Å²) in [7, 11) is 0. The van der Waals surface area contributed by atoms with Gasteiger partial charge in [-0.3, -0.25) is 14.2 Å². The van der Waals surface area contributed by atoms with Crippen molar-refractivity contribution in [2.24, 2.45) is 0 Å². The molecule has 0 aliphatic rings. The van der Waals surface area contributed by atoms with Crippen molar-refractivity contribution in [1.29, 1.82) is 0 Å². The summed E-state index contributed by atoms with van der Waals surface area (Å²) in [5.74, 6) is -1.45. The van der Waals surface area contributed by atoms with E-state index in [1.54, 1.807) is 13.0 Å². The van der Waals surface area contributed by atoms with E-state index >= 15 is 0 Å². The SMILES string of the molecule is Cc1ccc(C(=O)c2c(C(=O)c3ccc(Cl)c(Cl)c3)no[n+]2[O-])cc1Cl. The summed E-state index contributed by atoms with van der Waals surface area (Å²) in [5, 5.41) is 16.1. The van der Waals surface area contributed by atoms with Crippen LogP contribution in [-0.4, -0.2) is 16.7 Å². The van der Waals surface area contributed by atoms with Crippen LogP contribution in [0.25, 0.3) is 0 Å². The van der Waals surface area contributed by atoms with Crippen LogP contribution in [0.3, 0.4) is 0 Å². The van der Waals surface area contributed by atoms with Crippen LogP contribution in [0.5, 0.6) is 0 Å². The molecule has 0 radical (unpaired) electrons. The summed E-state index contributed by atoms with van der Waals surface area (Å²) in [6, 6.07) is 8.65. The lowest BCUT2D eigenvalue weighted by molar-refractivity contribution is -0.803. The number of carbonyl (C=O) groups is 2. The Balaban J connectivity index is 2.05. The number of benzene rings is 2. The molecule has 2 aromatic carbocycles. The van der Waals surface area contributed by atoms with Gasteiger partial charge in [0.15, 0.2) is 0 Å². The van der Waals surface area contributed by atoms with Crippen LogP contribution < -0.4 is 4.90 Å². The minimum atomic E-state index is -0.744. The smallest absolute Gasteiger partial charge is 0.300 e. The van der Waals surface area contributed by atoms with Gasteiger partial charge in [-0.2, -0.15) is 0 Å². The number of halogens is 3. The van der Waals surface area contributed by atoms with Gasteiger partial charge in [-0.05, 0) is 41.7 Å². The first kappa shape index (κ1) is 18.4. The van der Waals surface area contributed by atoms with E-state index in [2.05, 4.69) is 9.79 Å². The zero-order valence-electron chi connectivity index (χ0n) is 13.1. The average molecular weight is 412 g/mol. The van der Waals surface area contributed by atoms with Crippen molar-refractivity contribution in [3.63, 3.8) is 0 Å². The molecule has 0 saturated carbocycles. The van der Waals surface area contributed by atoms with E-state index in [9.17, 15) is 14.8 Å².